The third kappa shape index (κ3) is 3.76. The third-order valence-corrected chi connectivity index (χ3v) is 4.59. The van der Waals surface area contributed by atoms with Gasteiger partial charge in [-0.2, -0.15) is 14.8 Å². The van der Waals surface area contributed by atoms with Gasteiger partial charge in [0.2, 0.25) is 5.82 Å². The number of nitrogens with zero attached hydrogens (tertiary/aromatic N) is 5. The number of aromatic nitrogens is 5. The van der Waals surface area contributed by atoms with Crippen molar-refractivity contribution in [1.29, 1.82) is 0 Å². The van der Waals surface area contributed by atoms with Crippen molar-refractivity contribution in [3.63, 3.8) is 0 Å². The summed E-state index contributed by atoms with van der Waals surface area (Å²) in [7, 11) is 1.26. The summed E-state index contributed by atoms with van der Waals surface area (Å²) in [6, 6.07) is 4.97. The molecule has 3 aromatic rings. The van der Waals surface area contributed by atoms with E-state index in [0.717, 1.165) is 34.2 Å². The number of rotatable bonds is 5. The van der Waals surface area contributed by atoms with Crippen LogP contribution in [-0.2, 0) is 11.8 Å². The van der Waals surface area contributed by atoms with E-state index in [4.69, 9.17) is 9.26 Å². The second-order valence-electron chi connectivity index (χ2n) is 6.65. The maximum atomic E-state index is 13.2. The fraction of sp³-hybridized carbons (Fsp3) is 0.333. The van der Waals surface area contributed by atoms with Crippen LogP contribution < -0.4 is 16.6 Å². The summed E-state index contributed by atoms with van der Waals surface area (Å²) in [5.41, 5.74) is -1.58. The first-order valence-corrected chi connectivity index (χ1v) is 9.14. The van der Waals surface area contributed by atoms with Gasteiger partial charge in [-0.1, -0.05) is 5.16 Å². The molecule has 30 heavy (non-hydrogen) atoms. The zero-order valence-corrected chi connectivity index (χ0v) is 15.9. The number of hydrogen-bond acceptors (Lipinski definition) is 8. The molecule has 3 heterocycles. The fourth-order valence-electron chi connectivity index (χ4n) is 2.96. The van der Waals surface area contributed by atoms with Gasteiger partial charge in [-0.25, -0.2) is 9.18 Å². The highest BCUT2D eigenvalue weighted by atomic mass is 19.1. The number of amides is 1. The van der Waals surface area contributed by atoms with Gasteiger partial charge >= 0.3 is 17.5 Å². The van der Waals surface area contributed by atoms with Gasteiger partial charge in [0.25, 0.3) is 5.56 Å². The summed E-state index contributed by atoms with van der Waals surface area (Å²) in [6.45, 7) is 0.954. The van der Waals surface area contributed by atoms with Gasteiger partial charge in [-0.15, -0.1) is 0 Å². The van der Waals surface area contributed by atoms with E-state index in [2.05, 4.69) is 20.6 Å². The maximum absolute atomic E-state index is 13.2. The molecular formula is C18H17FN6O5. The van der Waals surface area contributed by atoms with Crippen molar-refractivity contribution >= 4 is 5.91 Å². The Bertz CT molecular complexity index is 1190. The molecule has 0 bridgehead atoms. The molecule has 1 atom stereocenters. The molecule has 1 aliphatic rings. The van der Waals surface area contributed by atoms with Crippen molar-refractivity contribution in [3.8, 4) is 17.2 Å². The van der Waals surface area contributed by atoms with E-state index in [9.17, 15) is 18.8 Å². The molecule has 156 valence electrons. The Balaban J connectivity index is 1.64. The van der Waals surface area contributed by atoms with Crippen LogP contribution in [0.25, 0.3) is 17.2 Å². The van der Waals surface area contributed by atoms with Gasteiger partial charge in [0.05, 0.1) is 11.8 Å². The van der Waals surface area contributed by atoms with Gasteiger partial charge in [0.15, 0.2) is 5.69 Å². The molecule has 0 radical (unpaired) electrons. The predicted molar refractivity (Wildman–Crippen MR) is 99.6 cm³/mol. The highest BCUT2D eigenvalue weighted by Gasteiger charge is 2.23. The summed E-state index contributed by atoms with van der Waals surface area (Å²) in [4.78, 5) is 41.0. The number of ether oxygens (including phenoxy) is 1. The highest BCUT2D eigenvalue weighted by Crippen LogP contribution is 2.12. The first-order chi connectivity index (χ1) is 14.4. The zero-order valence-electron chi connectivity index (χ0n) is 15.9. The standard InChI is InChI=1S/C18H17FN6O5/c1-24-17(27)13(22-25(18(24)28)11-6-4-10(19)5-7-11)14-21-16(30-23-14)15(26)20-9-12-3-2-8-29-12/h4-7,12H,2-3,8-9H2,1H3,(H,20,26). The number of carbonyl (C=O) groups is 1. The number of halogens is 1. The Labute approximate surface area is 168 Å². The van der Waals surface area contributed by atoms with Crippen molar-refractivity contribution in [2.75, 3.05) is 13.2 Å². The van der Waals surface area contributed by atoms with Crippen LogP contribution in [0.2, 0.25) is 0 Å². The Morgan fingerprint density at radius 1 is 1.30 bits per heavy atom. The minimum absolute atomic E-state index is 0.0652. The molecule has 11 nitrogen and oxygen atoms in total. The van der Waals surface area contributed by atoms with Crippen molar-refractivity contribution in [2.45, 2.75) is 18.9 Å². The zero-order chi connectivity index (χ0) is 21.3. The molecule has 1 saturated heterocycles. The van der Waals surface area contributed by atoms with Gasteiger partial charge in [-0.05, 0) is 37.1 Å². The fourth-order valence-corrected chi connectivity index (χ4v) is 2.96. The molecule has 0 aliphatic carbocycles. The lowest BCUT2D eigenvalue weighted by Crippen LogP contribution is -2.40. The highest BCUT2D eigenvalue weighted by molar-refractivity contribution is 5.89. The van der Waals surface area contributed by atoms with E-state index in [-0.39, 0.29) is 29.2 Å². The second-order valence-corrected chi connectivity index (χ2v) is 6.65. The molecule has 1 amide bonds. The van der Waals surface area contributed by atoms with E-state index in [1.807, 2.05) is 0 Å². The van der Waals surface area contributed by atoms with Gasteiger partial charge in [0.1, 0.15) is 5.82 Å². The van der Waals surface area contributed by atoms with Crippen LogP contribution in [0, 0.1) is 5.82 Å². The van der Waals surface area contributed by atoms with Crippen LogP contribution in [0.3, 0.4) is 0 Å². The molecule has 12 heteroatoms. The lowest BCUT2D eigenvalue weighted by atomic mass is 10.2. The topological polar surface area (TPSA) is 134 Å². The van der Waals surface area contributed by atoms with Crippen molar-refractivity contribution in [3.05, 3.63) is 56.8 Å². The summed E-state index contributed by atoms with van der Waals surface area (Å²) in [5, 5.41) is 10.3. The molecule has 1 fully saturated rings. The van der Waals surface area contributed by atoms with E-state index in [1.165, 1.54) is 19.2 Å². The van der Waals surface area contributed by atoms with E-state index in [0.29, 0.717) is 13.2 Å². The summed E-state index contributed by atoms with van der Waals surface area (Å²) in [6.07, 6.45) is 1.72. The van der Waals surface area contributed by atoms with Gasteiger partial charge in [-0.3, -0.25) is 14.2 Å². The Morgan fingerprint density at radius 3 is 2.77 bits per heavy atom. The van der Waals surface area contributed by atoms with E-state index < -0.39 is 23.0 Å². The lowest BCUT2D eigenvalue weighted by Gasteiger charge is -2.08. The monoisotopic (exact) mass is 416 g/mol. The molecule has 2 aromatic heterocycles. The predicted octanol–water partition coefficient (Wildman–Crippen LogP) is 0.0291. The van der Waals surface area contributed by atoms with Crippen molar-refractivity contribution in [2.24, 2.45) is 7.05 Å². The van der Waals surface area contributed by atoms with E-state index >= 15 is 0 Å². The minimum atomic E-state index is -0.773. The average Bonchev–Trinajstić information content (AvgIpc) is 3.44. The summed E-state index contributed by atoms with van der Waals surface area (Å²) in [5.74, 6) is -1.72. The summed E-state index contributed by atoms with van der Waals surface area (Å²) >= 11 is 0. The van der Waals surface area contributed by atoms with Crippen LogP contribution in [0.1, 0.15) is 23.5 Å². The first kappa shape index (κ1) is 19.6. The normalized spacial score (nSPS) is 16.0. The number of benzene rings is 1. The maximum Gasteiger partial charge on any atom is 0.351 e. The molecule has 1 unspecified atom stereocenters. The minimum Gasteiger partial charge on any atom is -0.376 e. The van der Waals surface area contributed by atoms with Crippen LogP contribution >= 0.6 is 0 Å². The van der Waals surface area contributed by atoms with Crippen molar-refractivity contribution < 1.29 is 18.4 Å². The lowest BCUT2D eigenvalue weighted by molar-refractivity contribution is 0.0822. The number of hydrogen-bond donors (Lipinski definition) is 1. The second kappa shape index (κ2) is 7.99. The van der Waals surface area contributed by atoms with Gasteiger partial charge in [0, 0.05) is 20.2 Å². The Kier molecular flexibility index (Phi) is 5.23. The van der Waals surface area contributed by atoms with Crippen LogP contribution in [-0.4, -0.2) is 49.7 Å². The molecule has 4 rings (SSSR count). The van der Waals surface area contributed by atoms with Crippen molar-refractivity contribution in [1.82, 2.24) is 29.8 Å². The van der Waals surface area contributed by atoms with Gasteiger partial charge < -0.3 is 14.6 Å². The molecule has 1 aliphatic heterocycles. The number of carbonyl (C=O) groups excluding carboxylic acids is 1. The average molecular weight is 416 g/mol. The van der Waals surface area contributed by atoms with Crippen LogP contribution in [0.4, 0.5) is 4.39 Å². The quantitative estimate of drug-likeness (QED) is 0.616. The number of nitrogens with one attached hydrogen (secondary N) is 1. The Morgan fingerprint density at radius 2 is 2.07 bits per heavy atom. The summed E-state index contributed by atoms with van der Waals surface area (Å²) < 4.78 is 25.3. The molecule has 1 aromatic carbocycles. The van der Waals surface area contributed by atoms with E-state index in [1.54, 1.807) is 0 Å². The molecular weight excluding hydrogens is 399 g/mol. The first-order valence-electron chi connectivity index (χ1n) is 9.14. The Hall–Kier alpha value is -3.67. The molecule has 0 saturated carbocycles. The van der Waals surface area contributed by atoms with Crippen LogP contribution in [0.15, 0.2) is 38.4 Å². The van der Waals surface area contributed by atoms with Crippen LogP contribution in [0.5, 0.6) is 0 Å². The SMILES string of the molecule is Cn1c(=O)c(-c2noc(C(=O)NCC3CCCO3)n2)nn(-c2ccc(F)cc2)c1=O. The largest absolute Gasteiger partial charge is 0.376 e. The third-order valence-electron chi connectivity index (χ3n) is 4.59. The molecule has 0 spiro atoms. The smallest absolute Gasteiger partial charge is 0.351 e. The molecule has 1 N–H and O–H groups in total.